The quantitative estimate of drug-likeness (QED) is 0.242. The van der Waals surface area contributed by atoms with Crippen molar-refractivity contribution >= 4 is 62.5 Å². The first-order valence-electron chi connectivity index (χ1n) is 11.4. The van der Waals surface area contributed by atoms with E-state index in [-0.39, 0.29) is 16.6 Å². The maximum absolute atomic E-state index is 13.7. The molecule has 1 fully saturated rings. The average molecular weight is 567 g/mol. The molecule has 190 valence electrons. The van der Waals surface area contributed by atoms with E-state index in [9.17, 15) is 9.65 Å². The summed E-state index contributed by atoms with van der Waals surface area (Å²) in [5.41, 5.74) is 5.60. The summed E-state index contributed by atoms with van der Waals surface area (Å²) in [5, 5.41) is 28.0. The molecule has 0 saturated carbocycles. The van der Waals surface area contributed by atoms with Crippen molar-refractivity contribution < 1.29 is 9.13 Å². The molecule has 1 aliphatic rings. The van der Waals surface area contributed by atoms with Crippen molar-refractivity contribution in [2.75, 3.05) is 23.8 Å². The van der Waals surface area contributed by atoms with Gasteiger partial charge in [0.2, 0.25) is 0 Å². The number of thiazole rings is 1. The number of nitrogens with zero attached hydrogens (tertiary/aromatic N) is 6. The molecule has 6 rings (SSSR count). The molecule has 1 saturated heterocycles. The predicted octanol–water partition coefficient (Wildman–Crippen LogP) is 6.12. The number of fused-ring (bicyclic) bond motifs is 1. The highest BCUT2D eigenvalue weighted by molar-refractivity contribution is 7.07. The first kappa shape index (κ1) is 24.5. The summed E-state index contributed by atoms with van der Waals surface area (Å²) in [4.78, 5) is 8.88. The van der Waals surface area contributed by atoms with E-state index in [0.29, 0.717) is 51.9 Å². The van der Waals surface area contributed by atoms with Gasteiger partial charge in [0.05, 0.1) is 57.4 Å². The Bertz CT molecular complexity index is 1680. The first-order chi connectivity index (χ1) is 18.5. The van der Waals surface area contributed by atoms with Gasteiger partial charge in [0.15, 0.2) is 0 Å². The lowest BCUT2D eigenvalue weighted by Gasteiger charge is -2.25. The minimum atomic E-state index is -0.540. The van der Waals surface area contributed by atoms with Crippen LogP contribution < -0.4 is 10.6 Å². The van der Waals surface area contributed by atoms with Gasteiger partial charge in [0.1, 0.15) is 29.7 Å². The Kier molecular flexibility index (Phi) is 6.55. The van der Waals surface area contributed by atoms with Crippen molar-refractivity contribution in [3.05, 3.63) is 86.4 Å². The van der Waals surface area contributed by atoms with Crippen molar-refractivity contribution in [1.82, 2.24) is 25.0 Å². The highest BCUT2D eigenvalue weighted by Crippen LogP contribution is 2.37. The number of nitrogens with one attached hydrogen (secondary N) is 2. The maximum atomic E-state index is 13.7. The number of nitriles is 1. The Labute approximate surface area is 229 Å². The van der Waals surface area contributed by atoms with Gasteiger partial charge in [-0.2, -0.15) is 5.26 Å². The number of anilines is 3. The second-order valence-corrected chi connectivity index (χ2v) is 10.1. The van der Waals surface area contributed by atoms with Gasteiger partial charge >= 0.3 is 0 Å². The van der Waals surface area contributed by atoms with Crippen LogP contribution in [0.2, 0.25) is 10.0 Å². The Morgan fingerprint density at radius 3 is 2.68 bits per heavy atom. The molecule has 2 aromatic carbocycles. The molecule has 0 radical (unpaired) electrons. The van der Waals surface area contributed by atoms with E-state index < -0.39 is 11.9 Å². The maximum Gasteiger partial charge on any atom is 0.141 e. The number of rotatable bonds is 7. The summed E-state index contributed by atoms with van der Waals surface area (Å²) >= 11 is 14.1. The largest absolute Gasteiger partial charge is 0.377 e. The first-order valence-corrected chi connectivity index (χ1v) is 13.1. The highest BCUT2D eigenvalue weighted by atomic mass is 35.5. The Hall–Kier alpha value is -3.82. The second-order valence-electron chi connectivity index (χ2n) is 8.57. The fourth-order valence-corrected chi connectivity index (χ4v) is 5.12. The molecule has 5 aromatic rings. The SMILES string of the molecule is N#Cc1cnc2c(Cl)cc(N[C@@H](c3cscn3)c3cn(C4COC4)nn3)cc2c1Nc1ccc(F)c(Cl)c1. The molecule has 0 spiro atoms. The van der Waals surface area contributed by atoms with Crippen molar-refractivity contribution in [1.29, 1.82) is 5.26 Å². The highest BCUT2D eigenvalue weighted by Gasteiger charge is 2.26. The Morgan fingerprint density at radius 2 is 1.97 bits per heavy atom. The van der Waals surface area contributed by atoms with Gasteiger partial charge in [0.25, 0.3) is 0 Å². The predicted molar refractivity (Wildman–Crippen MR) is 144 cm³/mol. The molecule has 2 N–H and O–H groups in total. The molecule has 0 amide bonds. The van der Waals surface area contributed by atoms with Crippen LogP contribution in [0.4, 0.5) is 21.5 Å². The number of pyridine rings is 1. The number of hydrogen-bond donors (Lipinski definition) is 2. The zero-order valence-electron chi connectivity index (χ0n) is 19.4. The topological polar surface area (TPSA) is 114 Å². The van der Waals surface area contributed by atoms with Gasteiger partial charge in [-0.3, -0.25) is 4.98 Å². The Balaban J connectivity index is 1.41. The summed E-state index contributed by atoms with van der Waals surface area (Å²) in [6.07, 6.45) is 3.32. The number of aromatic nitrogens is 5. The van der Waals surface area contributed by atoms with E-state index in [1.165, 1.54) is 35.7 Å². The monoisotopic (exact) mass is 566 g/mol. The van der Waals surface area contributed by atoms with E-state index in [0.717, 1.165) is 5.69 Å². The van der Waals surface area contributed by atoms with Gasteiger partial charge in [-0.05, 0) is 30.3 Å². The summed E-state index contributed by atoms with van der Waals surface area (Å²) in [6.45, 7) is 1.20. The van der Waals surface area contributed by atoms with E-state index in [1.807, 2.05) is 17.6 Å². The zero-order valence-corrected chi connectivity index (χ0v) is 21.7. The van der Waals surface area contributed by atoms with Crippen molar-refractivity contribution in [3.63, 3.8) is 0 Å². The molecule has 13 heteroatoms. The Morgan fingerprint density at radius 1 is 1.13 bits per heavy atom. The normalized spacial score (nSPS) is 14.2. The van der Waals surface area contributed by atoms with Crippen LogP contribution in [0.1, 0.15) is 29.0 Å². The average Bonchev–Trinajstić information content (AvgIpc) is 3.57. The smallest absolute Gasteiger partial charge is 0.141 e. The molecule has 0 unspecified atom stereocenters. The van der Waals surface area contributed by atoms with Gasteiger partial charge in [0, 0.05) is 28.3 Å². The van der Waals surface area contributed by atoms with Crippen LogP contribution >= 0.6 is 34.5 Å². The lowest BCUT2D eigenvalue weighted by atomic mass is 10.1. The molecule has 4 heterocycles. The van der Waals surface area contributed by atoms with E-state index in [1.54, 1.807) is 16.3 Å². The molecular formula is C25H17Cl2FN8OS. The lowest BCUT2D eigenvalue weighted by Crippen LogP contribution is -2.31. The van der Waals surface area contributed by atoms with Gasteiger partial charge in [-0.15, -0.1) is 16.4 Å². The molecule has 38 heavy (non-hydrogen) atoms. The summed E-state index contributed by atoms with van der Waals surface area (Å²) in [6, 6.07) is 9.72. The molecule has 1 atom stereocenters. The number of hydrogen-bond acceptors (Lipinski definition) is 9. The van der Waals surface area contributed by atoms with Crippen molar-refractivity contribution in [2.24, 2.45) is 0 Å². The summed E-state index contributed by atoms with van der Waals surface area (Å²) < 4.78 is 20.8. The minimum Gasteiger partial charge on any atom is -0.377 e. The van der Waals surface area contributed by atoms with E-state index in [2.05, 4.69) is 37.0 Å². The van der Waals surface area contributed by atoms with Crippen LogP contribution in [-0.2, 0) is 4.74 Å². The van der Waals surface area contributed by atoms with Crippen LogP contribution in [0.25, 0.3) is 10.9 Å². The molecule has 9 nitrogen and oxygen atoms in total. The van der Waals surface area contributed by atoms with Crippen molar-refractivity contribution in [2.45, 2.75) is 12.1 Å². The van der Waals surface area contributed by atoms with Gasteiger partial charge in [-0.1, -0.05) is 28.4 Å². The third-order valence-electron chi connectivity index (χ3n) is 6.11. The number of benzene rings is 2. The number of halogens is 3. The van der Waals surface area contributed by atoms with E-state index >= 15 is 0 Å². The van der Waals surface area contributed by atoms with Crippen LogP contribution in [0.5, 0.6) is 0 Å². The fraction of sp³-hybridized carbons (Fsp3) is 0.160. The fourth-order valence-electron chi connectivity index (χ4n) is 4.09. The summed E-state index contributed by atoms with van der Waals surface area (Å²) in [7, 11) is 0. The molecule has 0 bridgehead atoms. The molecule has 1 aliphatic heterocycles. The third kappa shape index (κ3) is 4.63. The zero-order chi connectivity index (χ0) is 26.2. The minimum absolute atomic E-state index is 0.0418. The van der Waals surface area contributed by atoms with Crippen LogP contribution in [-0.4, -0.2) is 38.2 Å². The summed E-state index contributed by atoms with van der Waals surface area (Å²) in [5.74, 6) is -0.540. The third-order valence-corrected chi connectivity index (χ3v) is 7.29. The van der Waals surface area contributed by atoms with Crippen LogP contribution in [0, 0.1) is 17.1 Å². The molecular weight excluding hydrogens is 550 g/mol. The second kappa shape index (κ2) is 10.2. The standard InChI is InChI=1S/C25H17Cl2FN8OS/c26-18-4-14(1-2-20(18)28)32-23-13(6-29)7-30-24-17(23)3-15(5-19(24)27)33-25(22-11-38-12-31-22)21-8-36(35-34-21)16-9-37-10-16/h1-5,7-8,11-12,16,25,33H,9-10H2,(H,30,32)/t25-/m1/s1. The molecule has 0 aliphatic carbocycles. The van der Waals surface area contributed by atoms with E-state index in [4.69, 9.17) is 27.9 Å². The van der Waals surface area contributed by atoms with Crippen molar-refractivity contribution in [3.8, 4) is 6.07 Å². The van der Waals surface area contributed by atoms with Crippen LogP contribution in [0.15, 0.2) is 53.6 Å². The van der Waals surface area contributed by atoms with Gasteiger partial charge < -0.3 is 15.4 Å². The molecule has 3 aromatic heterocycles. The van der Waals surface area contributed by atoms with Gasteiger partial charge in [-0.25, -0.2) is 14.1 Å². The number of ether oxygens (including phenoxy) is 1. The lowest BCUT2D eigenvalue weighted by molar-refractivity contribution is -0.0293. The van der Waals surface area contributed by atoms with Crippen LogP contribution in [0.3, 0.4) is 0 Å².